The third-order valence-electron chi connectivity index (χ3n) is 4.90. The maximum atomic E-state index is 13.7. The van der Waals surface area contributed by atoms with Gasteiger partial charge >= 0.3 is 6.03 Å². The standard InChI is InChI=1S/C21H23FN4O/c1-21(2,3)19-23-17-10-6-7-11-18(17)26(19)14-12-25(13-14)20(27)24-16-9-5-4-8-15(16)22/h4-11,14H,12-13H2,1-3H3,(H,24,27). The normalized spacial score (nSPS) is 15.0. The number of nitrogens with zero attached hydrogens (tertiary/aromatic N) is 3. The average molecular weight is 366 g/mol. The lowest BCUT2D eigenvalue weighted by Crippen LogP contribution is -2.53. The zero-order chi connectivity index (χ0) is 19.2. The number of carbonyl (C=O) groups excluding carboxylic acids is 1. The maximum Gasteiger partial charge on any atom is 0.322 e. The van der Waals surface area contributed by atoms with E-state index < -0.39 is 5.82 Å². The van der Waals surface area contributed by atoms with Crippen molar-refractivity contribution in [3.63, 3.8) is 0 Å². The quantitative estimate of drug-likeness (QED) is 0.723. The molecule has 3 aromatic rings. The second kappa shape index (κ2) is 6.37. The summed E-state index contributed by atoms with van der Waals surface area (Å²) in [5, 5.41) is 2.65. The Morgan fingerprint density at radius 1 is 1.11 bits per heavy atom. The number of amides is 2. The molecule has 27 heavy (non-hydrogen) atoms. The van der Waals surface area contributed by atoms with Gasteiger partial charge in [0.25, 0.3) is 0 Å². The van der Waals surface area contributed by atoms with Gasteiger partial charge in [-0.1, -0.05) is 45.0 Å². The molecule has 2 heterocycles. The molecule has 0 saturated carbocycles. The van der Waals surface area contributed by atoms with Crippen LogP contribution in [0, 0.1) is 5.82 Å². The summed E-state index contributed by atoms with van der Waals surface area (Å²) in [6.45, 7) is 7.58. The van der Waals surface area contributed by atoms with Gasteiger partial charge in [-0.05, 0) is 24.3 Å². The van der Waals surface area contributed by atoms with Crippen molar-refractivity contribution in [2.45, 2.75) is 32.2 Å². The maximum absolute atomic E-state index is 13.7. The van der Waals surface area contributed by atoms with Gasteiger partial charge < -0.3 is 14.8 Å². The first kappa shape index (κ1) is 17.5. The number of halogens is 1. The lowest BCUT2D eigenvalue weighted by Gasteiger charge is -2.41. The second-order valence-electron chi connectivity index (χ2n) is 8.01. The first-order valence-corrected chi connectivity index (χ1v) is 9.12. The molecule has 1 fully saturated rings. The molecule has 1 aliphatic heterocycles. The minimum absolute atomic E-state index is 0.102. The highest BCUT2D eigenvalue weighted by atomic mass is 19.1. The summed E-state index contributed by atoms with van der Waals surface area (Å²) in [5.74, 6) is 0.585. The van der Waals surface area contributed by atoms with Crippen LogP contribution in [0.15, 0.2) is 48.5 Å². The highest BCUT2D eigenvalue weighted by molar-refractivity contribution is 5.90. The molecule has 0 bridgehead atoms. The van der Waals surface area contributed by atoms with Crippen molar-refractivity contribution in [1.29, 1.82) is 0 Å². The fraction of sp³-hybridized carbons (Fsp3) is 0.333. The lowest BCUT2D eigenvalue weighted by molar-refractivity contribution is 0.134. The van der Waals surface area contributed by atoms with E-state index in [9.17, 15) is 9.18 Å². The summed E-state index contributed by atoms with van der Waals surface area (Å²) in [4.78, 5) is 19.0. The van der Waals surface area contributed by atoms with Crippen LogP contribution in [0.4, 0.5) is 14.9 Å². The molecule has 1 aliphatic rings. The highest BCUT2D eigenvalue weighted by Gasteiger charge is 2.36. The van der Waals surface area contributed by atoms with Crippen LogP contribution in [0.1, 0.15) is 32.6 Å². The van der Waals surface area contributed by atoms with E-state index in [1.54, 1.807) is 23.1 Å². The molecule has 0 atom stereocenters. The highest BCUT2D eigenvalue weighted by Crippen LogP contribution is 2.33. The number of urea groups is 1. The SMILES string of the molecule is CC(C)(C)c1nc2ccccc2n1C1CN(C(=O)Nc2ccccc2F)C1. The number of nitrogens with one attached hydrogen (secondary N) is 1. The summed E-state index contributed by atoms with van der Waals surface area (Å²) >= 11 is 0. The summed E-state index contributed by atoms with van der Waals surface area (Å²) in [6.07, 6.45) is 0. The van der Waals surface area contributed by atoms with Gasteiger partial charge in [0, 0.05) is 18.5 Å². The van der Waals surface area contributed by atoms with Crippen LogP contribution in [0.25, 0.3) is 11.0 Å². The van der Waals surface area contributed by atoms with Gasteiger partial charge in [0.05, 0.1) is 22.8 Å². The monoisotopic (exact) mass is 366 g/mol. The Balaban J connectivity index is 1.54. The number of rotatable bonds is 2. The largest absolute Gasteiger partial charge is 0.322 e. The number of aromatic nitrogens is 2. The van der Waals surface area contributed by atoms with Crippen LogP contribution < -0.4 is 5.32 Å². The molecule has 0 radical (unpaired) electrons. The third-order valence-corrected chi connectivity index (χ3v) is 4.90. The molecule has 1 N–H and O–H groups in total. The topological polar surface area (TPSA) is 50.2 Å². The van der Waals surface area contributed by atoms with E-state index in [0.29, 0.717) is 13.1 Å². The van der Waals surface area contributed by atoms with Gasteiger partial charge in [-0.3, -0.25) is 0 Å². The predicted octanol–water partition coefficient (Wildman–Crippen LogP) is 4.56. The Labute approximate surface area is 157 Å². The van der Waals surface area contributed by atoms with Crippen LogP contribution in [0.3, 0.4) is 0 Å². The number of carbonyl (C=O) groups is 1. The van der Waals surface area contributed by atoms with Crippen molar-refractivity contribution in [3.05, 3.63) is 60.2 Å². The first-order valence-electron chi connectivity index (χ1n) is 9.12. The molecule has 140 valence electrons. The predicted molar refractivity (Wildman–Crippen MR) is 104 cm³/mol. The van der Waals surface area contributed by atoms with Gasteiger partial charge in [0.1, 0.15) is 11.6 Å². The Bertz CT molecular complexity index is 999. The van der Waals surface area contributed by atoms with Crippen LogP contribution in [0.2, 0.25) is 0 Å². The van der Waals surface area contributed by atoms with E-state index in [1.807, 2.05) is 18.2 Å². The Morgan fingerprint density at radius 3 is 2.48 bits per heavy atom. The molecule has 6 heteroatoms. The molecular formula is C21H23FN4O. The fourth-order valence-electron chi connectivity index (χ4n) is 3.48. The number of para-hydroxylation sites is 3. The second-order valence-corrected chi connectivity index (χ2v) is 8.01. The van der Waals surface area contributed by atoms with E-state index in [0.717, 1.165) is 16.9 Å². The zero-order valence-corrected chi connectivity index (χ0v) is 15.7. The molecule has 1 saturated heterocycles. The number of anilines is 1. The van der Waals surface area contributed by atoms with Crippen molar-refractivity contribution in [2.24, 2.45) is 0 Å². The third kappa shape index (κ3) is 3.16. The molecule has 0 unspecified atom stereocenters. The van der Waals surface area contributed by atoms with Gasteiger partial charge in [-0.25, -0.2) is 14.2 Å². The van der Waals surface area contributed by atoms with E-state index in [-0.39, 0.29) is 23.2 Å². The fourth-order valence-corrected chi connectivity index (χ4v) is 3.48. The van der Waals surface area contributed by atoms with E-state index in [2.05, 4.69) is 36.7 Å². The smallest absolute Gasteiger partial charge is 0.321 e. The summed E-state index contributed by atoms with van der Waals surface area (Å²) in [6, 6.07) is 14.2. The molecule has 5 nitrogen and oxygen atoms in total. The molecule has 4 rings (SSSR count). The Morgan fingerprint density at radius 2 is 1.78 bits per heavy atom. The zero-order valence-electron chi connectivity index (χ0n) is 15.7. The van der Waals surface area contributed by atoms with Crippen molar-refractivity contribution in [3.8, 4) is 0 Å². The lowest BCUT2D eigenvalue weighted by atomic mass is 9.94. The van der Waals surface area contributed by atoms with Gasteiger partial charge in [-0.2, -0.15) is 0 Å². The minimum Gasteiger partial charge on any atom is -0.321 e. The van der Waals surface area contributed by atoms with E-state index >= 15 is 0 Å². The molecular weight excluding hydrogens is 343 g/mol. The van der Waals surface area contributed by atoms with Crippen LogP contribution in [-0.2, 0) is 5.41 Å². The summed E-state index contributed by atoms with van der Waals surface area (Å²) in [7, 11) is 0. The molecule has 1 aromatic heterocycles. The number of benzene rings is 2. The number of hydrogen-bond donors (Lipinski definition) is 1. The van der Waals surface area contributed by atoms with Crippen molar-refractivity contribution in [2.75, 3.05) is 18.4 Å². The summed E-state index contributed by atoms with van der Waals surface area (Å²) in [5.41, 5.74) is 2.15. The molecule has 2 amide bonds. The van der Waals surface area contributed by atoms with Crippen molar-refractivity contribution in [1.82, 2.24) is 14.5 Å². The average Bonchev–Trinajstić information content (AvgIpc) is 2.96. The molecule has 0 aliphatic carbocycles. The summed E-state index contributed by atoms with van der Waals surface area (Å²) < 4.78 is 16.0. The number of fused-ring (bicyclic) bond motifs is 1. The van der Waals surface area contributed by atoms with Crippen molar-refractivity contribution >= 4 is 22.8 Å². The number of imidazole rings is 1. The van der Waals surface area contributed by atoms with Crippen molar-refractivity contribution < 1.29 is 9.18 Å². The van der Waals surface area contributed by atoms with Gasteiger partial charge in [0.15, 0.2) is 0 Å². The van der Waals surface area contributed by atoms with Crippen LogP contribution in [0.5, 0.6) is 0 Å². The van der Waals surface area contributed by atoms with Crippen LogP contribution >= 0.6 is 0 Å². The Hall–Kier alpha value is -2.89. The number of likely N-dealkylation sites (tertiary alicyclic amines) is 1. The van der Waals surface area contributed by atoms with E-state index in [4.69, 9.17) is 4.98 Å². The van der Waals surface area contributed by atoms with Gasteiger partial charge in [-0.15, -0.1) is 0 Å². The Kier molecular flexibility index (Phi) is 4.13. The first-order chi connectivity index (χ1) is 12.8. The van der Waals surface area contributed by atoms with E-state index in [1.165, 1.54) is 6.07 Å². The molecule has 0 spiro atoms. The minimum atomic E-state index is -0.432. The number of hydrogen-bond acceptors (Lipinski definition) is 2. The molecule has 2 aromatic carbocycles. The van der Waals surface area contributed by atoms with Gasteiger partial charge in [0.2, 0.25) is 0 Å². The van der Waals surface area contributed by atoms with Crippen LogP contribution in [-0.4, -0.2) is 33.6 Å².